The van der Waals surface area contributed by atoms with Crippen molar-refractivity contribution in [3.05, 3.63) is 33.5 Å². The first-order chi connectivity index (χ1) is 8.17. The van der Waals surface area contributed by atoms with Gasteiger partial charge in [-0.15, -0.1) is 0 Å². The molecule has 0 bridgehead atoms. The Balaban J connectivity index is 2.66. The molecule has 3 nitrogen and oxygen atoms in total. The zero-order chi connectivity index (χ0) is 12.4. The molecule has 17 heavy (non-hydrogen) atoms. The number of benzene rings is 1. The van der Waals surface area contributed by atoms with Crippen molar-refractivity contribution in [3.63, 3.8) is 0 Å². The molecule has 0 saturated carbocycles. The molecule has 0 atom stereocenters. The summed E-state index contributed by atoms with van der Waals surface area (Å²) in [5.74, 6) is 1.71. The third kappa shape index (κ3) is 2.40. The quantitative estimate of drug-likeness (QED) is 0.824. The van der Waals surface area contributed by atoms with Crippen LogP contribution in [-0.4, -0.2) is 16.7 Å². The van der Waals surface area contributed by atoms with E-state index in [2.05, 4.69) is 48.3 Å². The summed E-state index contributed by atoms with van der Waals surface area (Å²) in [5, 5.41) is 0. The molecule has 5 heteroatoms. The first-order valence-electron chi connectivity index (χ1n) is 5.22. The second kappa shape index (κ2) is 5.23. The van der Waals surface area contributed by atoms with Gasteiger partial charge in [0.15, 0.2) is 0 Å². The van der Waals surface area contributed by atoms with Crippen LogP contribution in [0.15, 0.2) is 33.5 Å². The fourth-order valence-corrected chi connectivity index (χ4v) is 3.13. The fourth-order valence-electron chi connectivity index (χ4n) is 1.74. The number of halogens is 2. The first-order valence-corrected chi connectivity index (χ1v) is 6.80. The number of methoxy groups -OCH3 is 1. The van der Waals surface area contributed by atoms with Crippen molar-refractivity contribution in [2.24, 2.45) is 0 Å². The van der Waals surface area contributed by atoms with Gasteiger partial charge in [0.05, 0.1) is 17.1 Å². The van der Waals surface area contributed by atoms with Crippen LogP contribution in [0, 0.1) is 0 Å². The summed E-state index contributed by atoms with van der Waals surface area (Å²) in [5.41, 5.74) is 0.973. The molecule has 2 rings (SSSR count). The minimum Gasteiger partial charge on any atom is -0.495 e. The van der Waals surface area contributed by atoms with Gasteiger partial charge in [-0.1, -0.05) is 15.9 Å². The van der Waals surface area contributed by atoms with Crippen LogP contribution in [0.5, 0.6) is 5.75 Å². The van der Waals surface area contributed by atoms with E-state index in [0.717, 1.165) is 32.6 Å². The van der Waals surface area contributed by atoms with Crippen molar-refractivity contribution < 1.29 is 4.74 Å². The molecule has 0 N–H and O–H groups in total. The maximum Gasteiger partial charge on any atom is 0.144 e. The van der Waals surface area contributed by atoms with Crippen LogP contribution in [0.2, 0.25) is 0 Å². The van der Waals surface area contributed by atoms with E-state index in [4.69, 9.17) is 4.74 Å². The van der Waals surface area contributed by atoms with Crippen molar-refractivity contribution in [3.8, 4) is 17.1 Å². The zero-order valence-corrected chi connectivity index (χ0v) is 12.7. The highest BCUT2D eigenvalue weighted by Crippen LogP contribution is 2.38. The SMILES string of the molecule is CCn1ccnc1-c1cc(Br)cc(Br)c1OC. The van der Waals surface area contributed by atoms with E-state index in [0.29, 0.717) is 0 Å². The van der Waals surface area contributed by atoms with E-state index in [1.807, 2.05) is 18.3 Å². The number of aryl methyl sites for hydroxylation is 1. The third-order valence-corrected chi connectivity index (χ3v) is 3.56. The summed E-state index contributed by atoms with van der Waals surface area (Å²) in [6, 6.07) is 3.97. The van der Waals surface area contributed by atoms with E-state index < -0.39 is 0 Å². The lowest BCUT2D eigenvalue weighted by Gasteiger charge is -2.12. The molecule has 1 heterocycles. The summed E-state index contributed by atoms with van der Waals surface area (Å²) in [4.78, 5) is 4.39. The number of hydrogen-bond donors (Lipinski definition) is 0. The molecule has 0 aliphatic carbocycles. The number of rotatable bonds is 3. The number of imidazole rings is 1. The third-order valence-electron chi connectivity index (χ3n) is 2.51. The number of hydrogen-bond acceptors (Lipinski definition) is 2. The van der Waals surface area contributed by atoms with E-state index in [-0.39, 0.29) is 0 Å². The van der Waals surface area contributed by atoms with E-state index in [1.54, 1.807) is 13.3 Å². The standard InChI is InChI=1S/C12H12Br2N2O/c1-3-16-5-4-15-12(16)9-6-8(13)7-10(14)11(9)17-2/h4-7H,3H2,1-2H3. The van der Waals surface area contributed by atoms with Crippen LogP contribution >= 0.6 is 31.9 Å². The minimum absolute atomic E-state index is 0.800. The lowest BCUT2D eigenvalue weighted by molar-refractivity contribution is 0.413. The van der Waals surface area contributed by atoms with E-state index in [9.17, 15) is 0 Å². The minimum atomic E-state index is 0.800. The number of nitrogens with zero attached hydrogens (tertiary/aromatic N) is 2. The Morgan fingerprint density at radius 3 is 2.76 bits per heavy atom. The molecule has 0 spiro atoms. The molecule has 0 fully saturated rings. The lowest BCUT2D eigenvalue weighted by atomic mass is 10.2. The van der Waals surface area contributed by atoms with Crippen LogP contribution in [0.3, 0.4) is 0 Å². The molecule has 0 radical (unpaired) electrons. The maximum absolute atomic E-state index is 5.43. The van der Waals surface area contributed by atoms with Crippen molar-refractivity contribution >= 4 is 31.9 Å². The molecule has 2 aromatic rings. The number of aromatic nitrogens is 2. The van der Waals surface area contributed by atoms with Gasteiger partial charge in [0.1, 0.15) is 11.6 Å². The highest BCUT2D eigenvalue weighted by atomic mass is 79.9. The first kappa shape index (κ1) is 12.6. The summed E-state index contributed by atoms with van der Waals surface area (Å²) < 4.78 is 9.42. The Morgan fingerprint density at radius 2 is 2.12 bits per heavy atom. The fraction of sp³-hybridized carbons (Fsp3) is 0.250. The Morgan fingerprint density at radius 1 is 1.35 bits per heavy atom. The molecule has 1 aromatic heterocycles. The predicted octanol–water partition coefficient (Wildman–Crippen LogP) is 4.10. The van der Waals surface area contributed by atoms with Crippen LogP contribution in [0.1, 0.15) is 6.92 Å². The van der Waals surface area contributed by atoms with Gasteiger partial charge in [-0.2, -0.15) is 0 Å². The van der Waals surface area contributed by atoms with Gasteiger partial charge in [0, 0.05) is 23.4 Å². The Bertz CT molecular complexity index is 537. The van der Waals surface area contributed by atoms with Crippen molar-refractivity contribution in [1.29, 1.82) is 0 Å². The van der Waals surface area contributed by atoms with Gasteiger partial charge in [-0.3, -0.25) is 0 Å². The average Bonchev–Trinajstić information content (AvgIpc) is 2.75. The van der Waals surface area contributed by atoms with Crippen molar-refractivity contribution in [2.45, 2.75) is 13.5 Å². The van der Waals surface area contributed by atoms with Crippen LogP contribution < -0.4 is 4.74 Å². The van der Waals surface area contributed by atoms with Crippen LogP contribution in [-0.2, 0) is 6.54 Å². The molecule has 1 aromatic carbocycles. The summed E-state index contributed by atoms with van der Waals surface area (Å²) in [6.45, 7) is 2.97. The van der Waals surface area contributed by atoms with Gasteiger partial charge in [0.2, 0.25) is 0 Å². The average molecular weight is 360 g/mol. The smallest absolute Gasteiger partial charge is 0.144 e. The second-order valence-corrected chi connectivity index (χ2v) is 5.28. The predicted molar refractivity (Wildman–Crippen MR) is 75.3 cm³/mol. The Labute approximate surface area is 117 Å². The zero-order valence-electron chi connectivity index (χ0n) is 9.58. The van der Waals surface area contributed by atoms with E-state index in [1.165, 1.54) is 0 Å². The van der Waals surface area contributed by atoms with Crippen molar-refractivity contribution in [1.82, 2.24) is 9.55 Å². The molecule has 0 aliphatic heterocycles. The summed E-state index contributed by atoms with van der Waals surface area (Å²) >= 11 is 6.98. The van der Waals surface area contributed by atoms with Gasteiger partial charge in [-0.25, -0.2) is 4.98 Å². The summed E-state index contributed by atoms with van der Waals surface area (Å²) in [7, 11) is 1.66. The summed E-state index contributed by atoms with van der Waals surface area (Å²) in [6.07, 6.45) is 3.76. The highest BCUT2D eigenvalue weighted by Gasteiger charge is 2.14. The van der Waals surface area contributed by atoms with Gasteiger partial charge < -0.3 is 9.30 Å². The molecule has 0 saturated heterocycles. The Hall–Kier alpha value is -0.810. The van der Waals surface area contributed by atoms with E-state index >= 15 is 0 Å². The van der Waals surface area contributed by atoms with Gasteiger partial charge in [-0.05, 0) is 35.0 Å². The number of ether oxygens (including phenoxy) is 1. The second-order valence-electron chi connectivity index (χ2n) is 3.51. The van der Waals surface area contributed by atoms with Crippen LogP contribution in [0.25, 0.3) is 11.4 Å². The molecular formula is C12H12Br2N2O. The van der Waals surface area contributed by atoms with Gasteiger partial charge in [0.25, 0.3) is 0 Å². The van der Waals surface area contributed by atoms with Gasteiger partial charge >= 0.3 is 0 Å². The monoisotopic (exact) mass is 358 g/mol. The lowest BCUT2D eigenvalue weighted by Crippen LogP contribution is -1.98. The van der Waals surface area contributed by atoms with Crippen LogP contribution in [0.4, 0.5) is 0 Å². The molecule has 0 unspecified atom stereocenters. The molecular weight excluding hydrogens is 348 g/mol. The van der Waals surface area contributed by atoms with Crippen molar-refractivity contribution in [2.75, 3.05) is 7.11 Å². The topological polar surface area (TPSA) is 27.1 Å². The Kier molecular flexibility index (Phi) is 3.89. The molecule has 0 amide bonds. The normalized spacial score (nSPS) is 10.6. The molecule has 0 aliphatic rings. The maximum atomic E-state index is 5.43. The highest BCUT2D eigenvalue weighted by molar-refractivity contribution is 9.11. The largest absolute Gasteiger partial charge is 0.495 e. The molecule has 90 valence electrons.